The molecule has 2 saturated heterocycles. The standard InChI is InChI=1S/C43H56N6O7/c1-5-39(53)20-26-21-41(24-56-25-50,34-28(12-16-48(22-26)23-39)27-10-7-8-11-31(27)45-34)30-18-29-32(19-33(30)55-4)47(3)36-42(29)14-17-49-15-9-13-40(6-2,35(42)49)37(51)43(36,54)38(52)46-44/h7-11,13,18-19,25-26,35-37,45,51,53-54H,5-6,12,14-17,20-24,44H2,1-4H3,(H,46,52)/t26?,35-,36+,37+,39?,40+,41-,42?,43-/m0/s1. The van der Waals surface area contributed by atoms with Crippen molar-refractivity contribution in [3.63, 3.8) is 0 Å². The molecule has 9 rings (SSSR count). The number of amides is 1. The number of carbonyl (C=O) groups is 2. The van der Waals surface area contributed by atoms with Gasteiger partial charge in [0.2, 0.25) is 0 Å². The summed E-state index contributed by atoms with van der Waals surface area (Å²) in [5.41, 5.74) is 2.01. The Hall–Kier alpha value is -3.98. The largest absolute Gasteiger partial charge is 0.496 e. The van der Waals surface area contributed by atoms with Gasteiger partial charge >= 0.3 is 0 Å². The molecule has 0 radical (unpaired) electrons. The van der Waals surface area contributed by atoms with E-state index in [-0.39, 0.29) is 18.6 Å². The maximum absolute atomic E-state index is 14.0. The van der Waals surface area contributed by atoms with Gasteiger partial charge in [0, 0.05) is 84.0 Å². The average Bonchev–Trinajstić information content (AvgIpc) is 3.87. The van der Waals surface area contributed by atoms with E-state index in [0.717, 1.165) is 58.5 Å². The Morgan fingerprint density at radius 2 is 1.91 bits per heavy atom. The van der Waals surface area contributed by atoms with Gasteiger partial charge in [-0.15, -0.1) is 0 Å². The normalized spacial score (nSPS) is 38.4. The number of nitrogens with two attached hydrogens (primary N) is 1. The van der Waals surface area contributed by atoms with Gasteiger partial charge in [0.1, 0.15) is 18.5 Å². The van der Waals surface area contributed by atoms with Crippen LogP contribution < -0.4 is 20.9 Å². The van der Waals surface area contributed by atoms with Crippen LogP contribution in [0.25, 0.3) is 10.9 Å². The summed E-state index contributed by atoms with van der Waals surface area (Å²) in [6.07, 6.45) is 6.22. The number of piperidine rings is 1. The summed E-state index contributed by atoms with van der Waals surface area (Å²) >= 11 is 0. The van der Waals surface area contributed by atoms with Gasteiger partial charge in [-0.25, -0.2) is 5.84 Å². The number of ether oxygens (including phenoxy) is 2. The number of nitrogens with one attached hydrogen (secondary N) is 2. The van der Waals surface area contributed by atoms with Gasteiger partial charge in [-0.2, -0.15) is 0 Å². The molecule has 2 aromatic carbocycles. The Balaban J connectivity index is 1.35. The second kappa shape index (κ2) is 13.0. The number of aromatic nitrogens is 1. The Morgan fingerprint density at radius 3 is 2.64 bits per heavy atom. The summed E-state index contributed by atoms with van der Waals surface area (Å²) in [7, 11) is 3.52. The molecule has 6 aliphatic rings. The van der Waals surface area contributed by atoms with Gasteiger partial charge < -0.3 is 34.7 Å². The number of aliphatic hydroxyl groups is 3. The third-order valence-electron chi connectivity index (χ3n) is 15.3. The van der Waals surface area contributed by atoms with Crippen LogP contribution in [0.4, 0.5) is 5.69 Å². The monoisotopic (exact) mass is 768 g/mol. The third-order valence-corrected chi connectivity index (χ3v) is 15.3. The van der Waals surface area contributed by atoms with Gasteiger partial charge in [0.25, 0.3) is 12.4 Å². The first-order valence-electron chi connectivity index (χ1n) is 20.3. The number of anilines is 1. The van der Waals surface area contributed by atoms with Crippen molar-refractivity contribution >= 4 is 29.0 Å². The number of methoxy groups -OCH3 is 1. The number of H-pyrrole nitrogens is 1. The Bertz CT molecular complexity index is 2110. The number of para-hydroxylation sites is 1. The topological polar surface area (TPSA) is 177 Å². The van der Waals surface area contributed by atoms with Crippen molar-refractivity contribution in [1.82, 2.24) is 20.2 Å². The average molecular weight is 769 g/mol. The number of carbonyl (C=O) groups excluding carboxylic acids is 2. The Morgan fingerprint density at radius 1 is 1.11 bits per heavy atom. The number of hydrogen-bond acceptors (Lipinski definition) is 11. The molecule has 7 N–H and O–H groups in total. The van der Waals surface area contributed by atoms with Crippen molar-refractivity contribution in [2.45, 2.75) is 92.6 Å². The molecule has 1 aromatic heterocycles. The van der Waals surface area contributed by atoms with Crippen molar-refractivity contribution in [3.05, 3.63) is 70.9 Å². The van der Waals surface area contributed by atoms with E-state index < -0.39 is 45.5 Å². The second-order valence-corrected chi connectivity index (χ2v) is 17.7. The van der Waals surface area contributed by atoms with Crippen LogP contribution in [0, 0.1) is 11.3 Å². The predicted octanol–water partition coefficient (Wildman–Crippen LogP) is 2.24. The van der Waals surface area contributed by atoms with E-state index in [2.05, 4.69) is 38.4 Å². The number of fused-ring (bicyclic) bond motifs is 6. The molecule has 300 valence electrons. The van der Waals surface area contributed by atoms with Gasteiger partial charge in [0.15, 0.2) is 5.60 Å². The smallest absolute Gasteiger partial charge is 0.293 e. The van der Waals surface area contributed by atoms with Crippen LogP contribution in [0.5, 0.6) is 5.75 Å². The molecule has 1 amide bonds. The minimum absolute atomic E-state index is 0.0220. The molecular weight excluding hydrogens is 713 g/mol. The molecule has 2 bridgehead atoms. The number of benzene rings is 2. The number of likely N-dealkylation sites (N-methyl/N-ethyl adjacent to an activating group) is 1. The Kier molecular flexibility index (Phi) is 8.74. The first kappa shape index (κ1) is 37.6. The molecule has 4 unspecified atom stereocenters. The Labute approximate surface area is 327 Å². The molecule has 3 aromatic rings. The fraction of sp³-hybridized carbons (Fsp3) is 0.581. The summed E-state index contributed by atoms with van der Waals surface area (Å²) < 4.78 is 12.3. The number of hydrazine groups is 1. The first-order valence-corrected chi connectivity index (χ1v) is 20.3. The minimum Gasteiger partial charge on any atom is -0.496 e. The fourth-order valence-electron chi connectivity index (χ4n) is 13.2. The quantitative estimate of drug-likeness (QED) is 0.0652. The molecule has 1 aliphatic carbocycles. The number of hydrogen-bond donors (Lipinski definition) is 6. The first-order chi connectivity index (χ1) is 26.9. The molecule has 1 saturated carbocycles. The number of aromatic amines is 1. The molecule has 56 heavy (non-hydrogen) atoms. The number of rotatable bonds is 8. The zero-order chi connectivity index (χ0) is 39.4. The van der Waals surface area contributed by atoms with Crippen LogP contribution in [0.2, 0.25) is 0 Å². The number of aliphatic hydroxyl groups excluding tert-OH is 1. The summed E-state index contributed by atoms with van der Waals surface area (Å²) in [5.74, 6) is 5.63. The maximum Gasteiger partial charge on any atom is 0.293 e. The van der Waals surface area contributed by atoms with Crippen molar-refractivity contribution in [1.29, 1.82) is 0 Å². The van der Waals surface area contributed by atoms with E-state index in [1.54, 1.807) is 7.11 Å². The van der Waals surface area contributed by atoms with Gasteiger partial charge in [0.05, 0.1) is 24.2 Å². The van der Waals surface area contributed by atoms with Gasteiger partial charge in [-0.05, 0) is 74.2 Å². The minimum atomic E-state index is -2.28. The zero-order valence-electron chi connectivity index (χ0n) is 32.9. The molecule has 1 spiro atoms. The van der Waals surface area contributed by atoms with E-state index in [1.807, 2.05) is 56.1 Å². The van der Waals surface area contributed by atoms with E-state index in [0.29, 0.717) is 64.0 Å². The highest BCUT2D eigenvalue weighted by Crippen LogP contribution is 2.67. The highest BCUT2D eigenvalue weighted by atomic mass is 16.5. The molecule has 5 aliphatic heterocycles. The highest BCUT2D eigenvalue weighted by Gasteiger charge is 2.78. The molecule has 13 heteroatoms. The van der Waals surface area contributed by atoms with Crippen LogP contribution in [-0.2, 0) is 31.6 Å². The third kappa shape index (κ3) is 4.75. The van der Waals surface area contributed by atoms with Crippen molar-refractivity contribution in [2.24, 2.45) is 17.2 Å². The summed E-state index contributed by atoms with van der Waals surface area (Å²) in [4.78, 5) is 37.0. The van der Waals surface area contributed by atoms with Crippen LogP contribution in [0.3, 0.4) is 0 Å². The maximum atomic E-state index is 14.0. The highest BCUT2D eigenvalue weighted by molar-refractivity contribution is 5.90. The van der Waals surface area contributed by atoms with Crippen LogP contribution >= 0.6 is 0 Å². The SMILES string of the molecule is CCC1(O)CC2CN(CCc3c([nH]c4ccccc34)[C@@](COC=O)(c3cc4c(cc3OC)N(C)[C@@H]3C45CCN4CC=C[C@](CC)([C@H]45)[C@@H](O)[C@]3(O)C(=O)NN)C2)C1. The molecule has 6 heterocycles. The molecule has 13 nitrogen and oxygen atoms in total. The molecular formula is C43H56N6O7. The van der Waals surface area contributed by atoms with Gasteiger partial charge in [-0.3, -0.25) is 24.8 Å². The summed E-state index contributed by atoms with van der Waals surface area (Å²) in [5, 5.41) is 38.4. The predicted molar refractivity (Wildman–Crippen MR) is 211 cm³/mol. The van der Waals surface area contributed by atoms with Crippen LogP contribution in [-0.4, -0.2) is 125 Å². The fourth-order valence-corrected chi connectivity index (χ4v) is 13.2. The van der Waals surface area contributed by atoms with E-state index in [4.69, 9.17) is 15.3 Å². The van der Waals surface area contributed by atoms with E-state index in [9.17, 15) is 24.9 Å². The van der Waals surface area contributed by atoms with E-state index in [1.165, 1.54) is 0 Å². The van der Waals surface area contributed by atoms with Crippen LogP contribution in [0.15, 0.2) is 48.6 Å². The molecule has 3 fully saturated rings. The van der Waals surface area contributed by atoms with E-state index >= 15 is 0 Å². The lowest BCUT2D eigenvalue weighted by atomic mass is 9.47. The van der Waals surface area contributed by atoms with Crippen molar-refractivity contribution in [3.8, 4) is 5.75 Å². The summed E-state index contributed by atoms with van der Waals surface area (Å²) in [6.45, 7) is 8.14. The second-order valence-electron chi connectivity index (χ2n) is 17.7. The van der Waals surface area contributed by atoms with Gasteiger partial charge in [-0.1, -0.05) is 44.2 Å². The number of nitrogens with zero attached hydrogens (tertiary/aromatic N) is 3. The lowest BCUT2D eigenvalue weighted by Crippen LogP contribution is -2.82. The zero-order valence-corrected chi connectivity index (χ0v) is 32.9. The summed E-state index contributed by atoms with van der Waals surface area (Å²) in [6, 6.07) is 11.4. The van der Waals surface area contributed by atoms with Crippen molar-refractivity contribution < 1.29 is 34.4 Å². The molecule has 10 atom stereocenters. The lowest BCUT2D eigenvalue weighted by molar-refractivity contribution is -0.203. The van der Waals surface area contributed by atoms with Crippen molar-refractivity contribution in [2.75, 3.05) is 58.4 Å². The van der Waals surface area contributed by atoms with Crippen LogP contribution in [0.1, 0.15) is 68.3 Å². The lowest BCUT2D eigenvalue weighted by Gasteiger charge is -2.63.